The molecule has 2 aromatic carbocycles. The Morgan fingerprint density at radius 1 is 1.11 bits per heavy atom. The van der Waals surface area contributed by atoms with Gasteiger partial charge in [-0.2, -0.15) is 0 Å². The molecule has 0 saturated heterocycles. The Hall–Kier alpha value is -2.74. The van der Waals surface area contributed by atoms with Gasteiger partial charge in [-0.15, -0.1) is 0 Å². The molecule has 0 aromatic heterocycles. The number of sulfonamides is 1. The van der Waals surface area contributed by atoms with Gasteiger partial charge in [-0.05, 0) is 29.7 Å². The summed E-state index contributed by atoms with van der Waals surface area (Å²) < 4.78 is 36.3. The predicted octanol–water partition coefficient (Wildman–Crippen LogP) is 3.23. The maximum Gasteiger partial charge on any atom is 0.245 e. The summed E-state index contributed by atoms with van der Waals surface area (Å²) in [5.41, 5.74) is 1.87. The molecule has 2 rings (SSSR count). The molecule has 0 aliphatic rings. The quantitative estimate of drug-likeness (QED) is 0.727. The second-order valence-electron chi connectivity index (χ2n) is 6.60. The number of anilines is 2. The number of nitrogens with one attached hydrogen (secondary N) is 1. The van der Waals surface area contributed by atoms with E-state index in [0.717, 1.165) is 16.1 Å². The third-order valence-electron chi connectivity index (χ3n) is 4.20. The van der Waals surface area contributed by atoms with E-state index in [1.807, 2.05) is 32.0 Å². The van der Waals surface area contributed by atoms with Crippen LogP contribution in [-0.2, 0) is 14.8 Å². The highest BCUT2D eigenvalue weighted by molar-refractivity contribution is 7.92. The first-order valence-corrected chi connectivity index (χ1v) is 10.6. The van der Waals surface area contributed by atoms with Crippen molar-refractivity contribution in [2.75, 3.05) is 36.6 Å². The van der Waals surface area contributed by atoms with E-state index in [-0.39, 0.29) is 11.6 Å². The second-order valence-corrected chi connectivity index (χ2v) is 8.50. The van der Waals surface area contributed by atoms with Gasteiger partial charge in [0.1, 0.15) is 18.0 Å². The molecular weight excluding hydrogens is 380 g/mol. The summed E-state index contributed by atoms with van der Waals surface area (Å²) in [6.45, 7) is 3.65. The van der Waals surface area contributed by atoms with Crippen molar-refractivity contribution in [3.63, 3.8) is 0 Å². The van der Waals surface area contributed by atoms with Gasteiger partial charge in [-0.25, -0.2) is 8.42 Å². The molecule has 0 heterocycles. The Morgan fingerprint density at radius 3 is 2.36 bits per heavy atom. The normalized spacial score (nSPS) is 11.2. The van der Waals surface area contributed by atoms with Gasteiger partial charge in [0.15, 0.2) is 0 Å². The third-order valence-corrected chi connectivity index (χ3v) is 5.33. The summed E-state index contributed by atoms with van der Waals surface area (Å²) in [5.74, 6) is 0.529. The monoisotopic (exact) mass is 406 g/mol. The number of para-hydroxylation sites is 1. The Balaban J connectivity index is 2.36. The lowest BCUT2D eigenvalue weighted by Crippen LogP contribution is -2.37. The van der Waals surface area contributed by atoms with Crippen molar-refractivity contribution in [1.82, 2.24) is 0 Å². The molecule has 2 aromatic rings. The Kier molecular flexibility index (Phi) is 6.90. The average Bonchev–Trinajstić information content (AvgIpc) is 2.65. The molecule has 0 unspecified atom stereocenters. The fourth-order valence-electron chi connectivity index (χ4n) is 2.81. The van der Waals surface area contributed by atoms with E-state index in [1.54, 1.807) is 18.2 Å². The van der Waals surface area contributed by atoms with Crippen LogP contribution in [0, 0.1) is 0 Å². The summed E-state index contributed by atoms with van der Waals surface area (Å²) in [7, 11) is -0.839. The van der Waals surface area contributed by atoms with Gasteiger partial charge >= 0.3 is 0 Å². The lowest BCUT2D eigenvalue weighted by molar-refractivity contribution is -0.114. The number of methoxy groups -OCH3 is 2. The molecule has 8 heteroatoms. The van der Waals surface area contributed by atoms with Gasteiger partial charge in [-0.3, -0.25) is 9.10 Å². The molecule has 0 saturated carbocycles. The number of amides is 1. The van der Waals surface area contributed by atoms with Crippen molar-refractivity contribution >= 4 is 27.3 Å². The van der Waals surface area contributed by atoms with Crippen molar-refractivity contribution < 1.29 is 22.7 Å². The average molecular weight is 407 g/mol. The number of rotatable bonds is 8. The molecule has 0 aliphatic carbocycles. The van der Waals surface area contributed by atoms with Crippen LogP contribution in [0.15, 0.2) is 42.5 Å². The predicted molar refractivity (Wildman–Crippen MR) is 111 cm³/mol. The highest BCUT2D eigenvalue weighted by Crippen LogP contribution is 2.33. The fraction of sp³-hybridized carbons (Fsp3) is 0.350. The van der Waals surface area contributed by atoms with Crippen LogP contribution in [0.2, 0.25) is 0 Å². The Bertz CT molecular complexity index is 941. The van der Waals surface area contributed by atoms with Crippen LogP contribution in [0.5, 0.6) is 11.5 Å². The van der Waals surface area contributed by atoms with Gasteiger partial charge < -0.3 is 14.8 Å². The van der Waals surface area contributed by atoms with Crippen molar-refractivity contribution in [2.45, 2.75) is 19.8 Å². The van der Waals surface area contributed by atoms with E-state index in [2.05, 4.69) is 5.32 Å². The molecule has 0 bridgehead atoms. The third kappa shape index (κ3) is 5.16. The van der Waals surface area contributed by atoms with Crippen LogP contribution in [0.4, 0.5) is 11.4 Å². The lowest BCUT2D eigenvalue weighted by atomic mass is 10.0. The number of carbonyl (C=O) groups excluding carboxylic acids is 1. The van der Waals surface area contributed by atoms with Crippen LogP contribution in [0.25, 0.3) is 0 Å². The molecular formula is C20H26N2O5S. The molecule has 28 heavy (non-hydrogen) atoms. The number of ether oxygens (including phenoxy) is 2. The zero-order valence-corrected chi connectivity index (χ0v) is 17.5. The first-order chi connectivity index (χ1) is 13.2. The van der Waals surface area contributed by atoms with Crippen molar-refractivity contribution in [3.8, 4) is 11.5 Å². The van der Waals surface area contributed by atoms with E-state index in [9.17, 15) is 13.2 Å². The largest absolute Gasteiger partial charge is 0.497 e. The van der Waals surface area contributed by atoms with Crippen LogP contribution in [-0.4, -0.2) is 41.3 Å². The maximum absolute atomic E-state index is 12.7. The zero-order valence-electron chi connectivity index (χ0n) is 16.7. The molecule has 0 radical (unpaired) electrons. The number of carbonyl (C=O) groups is 1. The molecule has 152 valence electrons. The van der Waals surface area contributed by atoms with Gasteiger partial charge in [0.05, 0.1) is 26.2 Å². The highest BCUT2D eigenvalue weighted by atomic mass is 32.2. The van der Waals surface area contributed by atoms with Crippen molar-refractivity contribution in [2.24, 2.45) is 0 Å². The van der Waals surface area contributed by atoms with E-state index >= 15 is 0 Å². The zero-order chi connectivity index (χ0) is 20.9. The maximum atomic E-state index is 12.7. The van der Waals surface area contributed by atoms with E-state index in [1.165, 1.54) is 20.3 Å². The van der Waals surface area contributed by atoms with E-state index in [4.69, 9.17) is 9.47 Å². The first-order valence-electron chi connectivity index (χ1n) is 8.76. The summed E-state index contributed by atoms with van der Waals surface area (Å²) in [4.78, 5) is 12.7. The van der Waals surface area contributed by atoms with Crippen LogP contribution >= 0.6 is 0 Å². The molecule has 0 atom stereocenters. The SMILES string of the molecule is COc1ccc(OC)c(N(CC(=O)Nc2ccccc2C(C)C)S(C)(=O)=O)c1. The van der Waals surface area contributed by atoms with Gasteiger partial charge in [0.25, 0.3) is 0 Å². The summed E-state index contributed by atoms with van der Waals surface area (Å²) in [6, 6.07) is 12.2. The van der Waals surface area contributed by atoms with Crippen LogP contribution in [0.1, 0.15) is 25.3 Å². The van der Waals surface area contributed by atoms with Crippen molar-refractivity contribution in [1.29, 1.82) is 0 Å². The standard InChI is InChI=1S/C20H26N2O5S/c1-14(2)16-8-6-7-9-17(16)21-20(23)13-22(28(5,24)25)18-12-15(26-3)10-11-19(18)27-4/h6-12,14H,13H2,1-5H3,(H,21,23). The van der Waals surface area contributed by atoms with E-state index < -0.39 is 22.5 Å². The Labute approximate surface area is 166 Å². The first kappa shape index (κ1) is 21.6. The van der Waals surface area contributed by atoms with Crippen LogP contribution in [0.3, 0.4) is 0 Å². The molecule has 1 amide bonds. The van der Waals surface area contributed by atoms with Crippen molar-refractivity contribution in [3.05, 3.63) is 48.0 Å². The number of nitrogens with zero attached hydrogens (tertiary/aromatic N) is 1. The number of hydrogen-bond acceptors (Lipinski definition) is 5. The van der Waals surface area contributed by atoms with Gasteiger partial charge in [0.2, 0.25) is 15.9 Å². The molecule has 0 fully saturated rings. The fourth-order valence-corrected chi connectivity index (χ4v) is 3.66. The summed E-state index contributed by atoms with van der Waals surface area (Å²) >= 11 is 0. The second kappa shape index (κ2) is 8.97. The Morgan fingerprint density at radius 2 is 1.79 bits per heavy atom. The smallest absolute Gasteiger partial charge is 0.245 e. The lowest BCUT2D eigenvalue weighted by Gasteiger charge is -2.24. The minimum atomic E-state index is -3.75. The summed E-state index contributed by atoms with van der Waals surface area (Å²) in [5, 5.41) is 2.81. The van der Waals surface area contributed by atoms with Crippen LogP contribution < -0.4 is 19.1 Å². The number of benzene rings is 2. The molecule has 0 spiro atoms. The van der Waals surface area contributed by atoms with E-state index in [0.29, 0.717) is 17.2 Å². The molecule has 7 nitrogen and oxygen atoms in total. The molecule has 0 aliphatic heterocycles. The summed E-state index contributed by atoms with van der Waals surface area (Å²) in [6.07, 6.45) is 1.04. The minimum absolute atomic E-state index is 0.209. The van der Waals surface area contributed by atoms with Gasteiger partial charge in [-0.1, -0.05) is 32.0 Å². The van der Waals surface area contributed by atoms with Gasteiger partial charge in [0, 0.05) is 11.8 Å². The topological polar surface area (TPSA) is 84.9 Å². The highest BCUT2D eigenvalue weighted by Gasteiger charge is 2.25. The number of hydrogen-bond donors (Lipinski definition) is 1. The molecule has 1 N–H and O–H groups in total. The minimum Gasteiger partial charge on any atom is -0.497 e.